The van der Waals surface area contributed by atoms with E-state index in [1.54, 1.807) is 0 Å². The lowest BCUT2D eigenvalue weighted by Gasteiger charge is -2.39. The van der Waals surface area contributed by atoms with E-state index in [-0.39, 0.29) is 0 Å². The van der Waals surface area contributed by atoms with Gasteiger partial charge in [-0.15, -0.1) is 0 Å². The molecular weight excluding hydrogens is 699 g/mol. The Morgan fingerprint density at radius 2 is 0.982 bits per heavy atom. The smallest absolute Gasteiger partial charge is 0.160 e. The van der Waals surface area contributed by atoms with E-state index in [0.29, 0.717) is 11.4 Å². The first-order chi connectivity index (χ1) is 27.7. The molecule has 1 aromatic heterocycles. The first kappa shape index (κ1) is 32.4. The third-order valence-electron chi connectivity index (χ3n) is 11.4. The van der Waals surface area contributed by atoms with Crippen LogP contribution in [0, 0.1) is 11.3 Å². The largest absolute Gasteiger partial charge is 0.228 e. The number of rotatable bonds is 4. The average molecular weight is 730 g/mol. The van der Waals surface area contributed by atoms with Gasteiger partial charge < -0.3 is 0 Å². The quantitative estimate of drug-likeness (QED) is 0.181. The monoisotopic (exact) mass is 729 g/mol. The van der Waals surface area contributed by atoms with E-state index in [1.807, 2.05) is 42.1 Å². The number of aromatic nitrogens is 2. The van der Waals surface area contributed by atoms with Crippen LogP contribution in [-0.2, 0) is 5.41 Å². The molecule has 0 N–H and O–H groups in total. The molecular formula is C52H31N3S. The summed E-state index contributed by atoms with van der Waals surface area (Å²) < 4.78 is 0. The van der Waals surface area contributed by atoms with E-state index in [1.165, 1.54) is 37.4 Å². The Morgan fingerprint density at radius 3 is 1.71 bits per heavy atom. The van der Waals surface area contributed by atoms with Gasteiger partial charge >= 0.3 is 0 Å². The van der Waals surface area contributed by atoms with Crippen LogP contribution in [0.1, 0.15) is 27.8 Å². The second-order valence-corrected chi connectivity index (χ2v) is 15.5. The first-order valence-corrected chi connectivity index (χ1v) is 19.6. The second kappa shape index (κ2) is 12.8. The van der Waals surface area contributed by atoms with Crippen LogP contribution in [0.25, 0.3) is 66.9 Å². The van der Waals surface area contributed by atoms with Crippen LogP contribution in [-0.4, -0.2) is 9.97 Å². The fourth-order valence-electron chi connectivity index (χ4n) is 8.88. The molecule has 0 unspecified atom stereocenters. The highest BCUT2D eigenvalue weighted by atomic mass is 32.2. The zero-order valence-electron chi connectivity index (χ0n) is 30.1. The van der Waals surface area contributed by atoms with E-state index in [9.17, 15) is 5.26 Å². The van der Waals surface area contributed by atoms with E-state index < -0.39 is 5.41 Å². The van der Waals surface area contributed by atoms with Gasteiger partial charge in [-0.3, -0.25) is 0 Å². The van der Waals surface area contributed by atoms with Gasteiger partial charge in [-0.2, -0.15) is 5.26 Å². The summed E-state index contributed by atoms with van der Waals surface area (Å²) in [4.78, 5) is 13.0. The van der Waals surface area contributed by atoms with E-state index in [2.05, 4.69) is 164 Å². The zero-order chi connectivity index (χ0) is 37.2. The first-order valence-electron chi connectivity index (χ1n) is 18.8. The van der Waals surface area contributed by atoms with Crippen molar-refractivity contribution in [3.8, 4) is 62.2 Å². The van der Waals surface area contributed by atoms with Crippen LogP contribution in [0.4, 0.5) is 0 Å². The molecule has 11 rings (SSSR count). The molecule has 0 fully saturated rings. The van der Waals surface area contributed by atoms with Crippen molar-refractivity contribution in [2.45, 2.75) is 15.2 Å². The maximum absolute atomic E-state index is 10.1. The summed E-state index contributed by atoms with van der Waals surface area (Å²) in [5.41, 5.74) is 14.2. The minimum Gasteiger partial charge on any atom is -0.228 e. The van der Waals surface area contributed by atoms with Crippen molar-refractivity contribution >= 4 is 22.5 Å². The van der Waals surface area contributed by atoms with Gasteiger partial charge in [-0.1, -0.05) is 157 Å². The van der Waals surface area contributed by atoms with Crippen LogP contribution in [0.5, 0.6) is 0 Å². The fraction of sp³-hybridized carbons (Fsp3) is 0.0192. The maximum atomic E-state index is 10.1. The summed E-state index contributed by atoms with van der Waals surface area (Å²) in [6, 6.07) is 69.1. The predicted molar refractivity (Wildman–Crippen MR) is 227 cm³/mol. The molecule has 4 heteroatoms. The minimum atomic E-state index is -0.522. The fourth-order valence-corrected chi connectivity index (χ4v) is 10.1. The lowest BCUT2D eigenvalue weighted by molar-refractivity contribution is 0.722. The number of fused-ring (bicyclic) bond motifs is 10. The van der Waals surface area contributed by atoms with Crippen LogP contribution in [0.3, 0.4) is 0 Å². The van der Waals surface area contributed by atoms with E-state index >= 15 is 0 Å². The molecule has 260 valence electrons. The molecule has 0 saturated carbocycles. The Kier molecular flexibility index (Phi) is 7.38. The molecule has 0 saturated heterocycles. The highest BCUT2D eigenvalue weighted by Crippen LogP contribution is 2.62. The maximum Gasteiger partial charge on any atom is 0.160 e. The highest BCUT2D eigenvalue weighted by molar-refractivity contribution is 7.99. The standard InChI is InChI=1S/C52H31N3S/c53-32-39-16-6-7-17-40(39)36-24-26-43-41(29-36)42-30-37(25-27-44(42)52(43)45-18-8-10-20-49(45)56-50-21-11-9-19-46(50)52)48-31-47(34-13-2-1-3-14-34)54-51(55-48)38-23-22-33-12-4-5-15-35(33)28-38/h1-31H. The van der Waals surface area contributed by atoms with Crippen LogP contribution in [0.15, 0.2) is 198 Å². The summed E-state index contributed by atoms with van der Waals surface area (Å²) in [6.45, 7) is 0. The van der Waals surface area contributed by atoms with Gasteiger partial charge in [0, 0.05) is 26.5 Å². The number of hydrogen-bond donors (Lipinski definition) is 0. The van der Waals surface area contributed by atoms with E-state index in [4.69, 9.17) is 9.97 Å². The molecule has 2 heterocycles. The summed E-state index contributed by atoms with van der Waals surface area (Å²) >= 11 is 1.84. The number of hydrogen-bond acceptors (Lipinski definition) is 4. The summed E-state index contributed by atoms with van der Waals surface area (Å²) in [6.07, 6.45) is 0. The molecule has 2 aliphatic rings. The Labute approximate surface area is 329 Å². The van der Waals surface area contributed by atoms with Crippen LogP contribution in [0.2, 0.25) is 0 Å². The summed E-state index contributed by atoms with van der Waals surface area (Å²) in [7, 11) is 0. The average Bonchev–Trinajstić information content (AvgIpc) is 3.55. The Balaban J connectivity index is 1.18. The predicted octanol–water partition coefficient (Wildman–Crippen LogP) is 13.0. The van der Waals surface area contributed by atoms with Gasteiger partial charge in [0.15, 0.2) is 5.82 Å². The topological polar surface area (TPSA) is 49.6 Å². The molecule has 1 aliphatic carbocycles. The van der Waals surface area contributed by atoms with Crippen molar-refractivity contribution in [3.05, 3.63) is 216 Å². The van der Waals surface area contributed by atoms with Crippen molar-refractivity contribution in [2.75, 3.05) is 0 Å². The molecule has 0 atom stereocenters. The molecule has 0 radical (unpaired) electrons. The molecule has 1 aliphatic heterocycles. The highest BCUT2D eigenvalue weighted by Gasteiger charge is 2.50. The molecule has 9 aromatic rings. The Bertz CT molecular complexity index is 3040. The molecule has 1 spiro atoms. The lowest BCUT2D eigenvalue weighted by atomic mass is 9.67. The van der Waals surface area contributed by atoms with Gasteiger partial charge in [0.05, 0.1) is 28.4 Å². The van der Waals surface area contributed by atoms with Crippen molar-refractivity contribution < 1.29 is 0 Å². The van der Waals surface area contributed by atoms with Crippen molar-refractivity contribution in [2.24, 2.45) is 0 Å². The van der Waals surface area contributed by atoms with Gasteiger partial charge in [-0.05, 0) is 97.7 Å². The normalized spacial score (nSPS) is 13.1. The zero-order valence-corrected chi connectivity index (χ0v) is 31.0. The van der Waals surface area contributed by atoms with Gasteiger partial charge in [0.2, 0.25) is 0 Å². The molecule has 0 amide bonds. The van der Waals surface area contributed by atoms with Crippen LogP contribution >= 0.6 is 11.8 Å². The van der Waals surface area contributed by atoms with Crippen LogP contribution < -0.4 is 0 Å². The Morgan fingerprint density at radius 1 is 0.411 bits per heavy atom. The van der Waals surface area contributed by atoms with Gasteiger partial charge in [0.25, 0.3) is 0 Å². The SMILES string of the molecule is N#Cc1ccccc1-c1ccc2c(c1)-c1cc(-c3cc(-c4ccccc4)nc(-c4ccc5ccccc5c4)n3)ccc1C21c2ccccc2Sc2ccccc21. The van der Waals surface area contributed by atoms with E-state index in [0.717, 1.165) is 55.7 Å². The second-order valence-electron chi connectivity index (χ2n) is 14.4. The third kappa shape index (κ3) is 4.92. The third-order valence-corrected chi connectivity index (χ3v) is 12.5. The molecule has 8 aromatic carbocycles. The summed E-state index contributed by atoms with van der Waals surface area (Å²) in [5.74, 6) is 0.687. The van der Waals surface area contributed by atoms with Crippen molar-refractivity contribution in [1.82, 2.24) is 9.97 Å². The molecule has 0 bridgehead atoms. The molecule has 3 nitrogen and oxygen atoms in total. The Hall–Kier alpha value is -7.06. The molecule has 56 heavy (non-hydrogen) atoms. The van der Waals surface area contributed by atoms with Gasteiger partial charge in [-0.25, -0.2) is 9.97 Å². The summed E-state index contributed by atoms with van der Waals surface area (Å²) in [5, 5.41) is 12.4. The number of nitriles is 1. The van der Waals surface area contributed by atoms with Crippen molar-refractivity contribution in [1.29, 1.82) is 5.26 Å². The van der Waals surface area contributed by atoms with Crippen molar-refractivity contribution in [3.63, 3.8) is 0 Å². The number of benzene rings is 8. The lowest BCUT2D eigenvalue weighted by Crippen LogP contribution is -2.31. The number of nitrogens with zero attached hydrogens (tertiary/aromatic N) is 3. The minimum absolute atomic E-state index is 0.522. The van der Waals surface area contributed by atoms with Gasteiger partial charge in [0.1, 0.15) is 0 Å².